The molecule has 0 aliphatic rings. The van der Waals surface area contributed by atoms with Gasteiger partial charge in [0.2, 0.25) is 0 Å². The van der Waals surface area contributed by atoms with Gasteiger partial charge in [0.25, 0.3) is 0 Å². The first-order valence-electron chi connectivity index (χ1n) is 6.22. The van der Waals surface area contributed by atoms with E-state index >= 15 is 0 Å². The molecule has 0 bridgehead atoms. The number of esters is 1. The first-order valence-corrected chi connectivity index (χ1v) is 6.22. The van der Waals surface area contributed by atoms with E-state index in [0.29, 0.717) is 18.9 Å². The number of aromatic amines is 1. The molecule has 2 rings (SSSR count). The summed E-state index contributed by atoms with van der Waals surface area (Å²) in [6.45, 7) is 4.52. The van der Waals surface area contributed by atoms with Gasteiger partial charge >= 0.3 is 5.97 Å². The molecule has 0 fully saturated rings. The van der Waals surface area contributed by atoms with Crippen LogP contribution in [0, 0.1) is 12.3 Å². The number of para-hydroxylation sites is 1. The number of aromatic nitrogens is 1. The lowest BCUT2D eigenvalue weighted by Gasteiger charge is -2.06. The van der Waals surface area contributed by atoms with Crippen LogP contribution in [-0.4, -0.2) is 17.6 Å². The van der Waals surface area contributed by atoms with Crippen molar-refractivity contribution in [3.8, 4) is 0 Å². The van der Waals surface area contributed by atoms with Crippen molar-refractivity contribution in [1.82, 2.24) is 4.98 Å². The average molecular weight is 244 g/mol. The van der Waals surface area contributed by atoms with Crippen LogP contribution in [0.3, 0.4) is 0 Å². The van der Waals surface area contributed by atoms with E-state index in [0.717, 1.165) is 16.5 Å². The number of benzene rings is 1. The maximum Gasteiger partial charge on any atom is 0.310 e. The van der Waals surface area contributed by atoms with E-state index in [2.05, 4.69) is 11.1 Å². The molecule has 1 aromatic heterocycles. The molecule has 0 atom stereocenters. The molecule has 0 aliphatic carbocycles. The summed E-state index contributed by atoms with van der Waals surface area (Å²) in [6, 6.07) is 8.06. The first kappa shape index (κ1) is 12.7. The van der Waals surface area contributed by atoms with E-state index < -0.39 is 0 Å². The number of hydrogen-bond donors (Lipinski definition) is 1. The molecule has 1 heterocycles. The normalized spacial score (nSPS) is 11.1. The molecule has 95 valence electrons. The molecule has 0 saturated heterocycles. The standard InChI is InChI=1S/C15H18NO2/c1-11(2)10-18-15(17)8-7-12-9-16-14-6-4-3-5-13(12)14/h3-6,8-9,11,16H,7,10H2,1-2H3. The fourth-order valence-corrected chi connectivity index (χ4v) is 1.80. The summed E-state index contributed by atoms with van der Waals surface area (Å²) in [5.41, 5.74) is 2.21. The molecule has 3 heteroatoms. The maximum atomic E-state index is 11.5. The maximum absolute atomic E-state index is 11.5. The van der Waals surface area contributed by atoms with Crippen LogP contribution >= 0.6 is 0 Å². The third-order valence-corrected chi connectivity index (χ3v) is 2.72. The Morgan fingerprint density at radius 1 is 1.39 bits per heavy atom. The van der Waals surface area contributed by atoms with Crippen molar-refractivity contribution in [1.29, 1.82) is 0 Å². The van der Waals surface area contributed by atoms with Gasteiger partial charge in [-0.25, -0.2) is 0 Å². The number of fused-ring (bicyclic) bond motifs is 1. The van der Waals surface area contributed by atoms with Gasteiger partial charge in [-0.15, -0.1) is 0 Å². The fourth-order valence-electron chi connectivity index (χ4n) is 1.80. The molecular formula is C15H18NO2. The van der Waals surface area contributed by atoms with Crippen molar-refractivity contribution in [2.45, 2.75) is 20.3 Å². The molecule has 2 aromatic rings. The third-order valence-electron chi connectivity index (χ3n) is 2.72. The van der Waals surface area contributed by atoms with Crippen LogP contribution in [0.25, 0.3) is 10.9 Å². The van der Waals surface area contributed by atoms with Gasteiger partial charge in [0.05, 0.1) is 13.0 Å². The van der Waals surface area contributed by atoms with E-state index in [4.69, 9.17) is 4.74 Å². The fraction of sp³-hybridized carbons (Fsp3) is 0.333. The van der Waals surface area contributed by atoms with E-state index in [9.17, 15) is 4.79 Å². The highest BCUT2D eigenvalue weighted by molar-refractivity contribution is 5.85. The third kappa shape index (κ3) is 3.13. The number of carbonyl (C=O) groups is 1. The predicted molar refractivity (Wildman–Crippen MR) is 72.1 cm³/mol. The number of carbonyl (C=O) groups excluding carboxylic acids is 1. The summed E-state index contributed by atoms with van der Waals surface area (Å²) in [5.74, 6) is 0.129. The van der Waals surface area contributed by atoms with Crippen LogP contribution in [-0.2, 0) is 16.0 Å². The lowest BCUT2D eigenvalue weighted by atomic mass is 10.1. The van der Waals surface area contributed by atoms with E-state index in [-0.39, 0.29) is 5.97 Å². The molecular weight excluding hydrogens is 226 g/mol. The van der Waals surface area contributed by atoms with Crippen LogP contribution in [0.4, 0.5) is 0 Å². The topological polar surface area (TPSA) is 42.1 Å². The lowest BCUT2D eigenvalue weighted by molar-refractivity contribution is -0.140. The van der Waals surface area contributed by atoms with Crippen molar-refractivity contribution in [2.24, 2.45) is 5.92 Å². The Bertz CT molecular complexity index is 528. The van der Waals surface area contributed by atoms with Gasteiger partial charge in [0.15, 0.2) is 0 Å². The molecule has 0 unspecified atom stereocenters. The highest BCUT2D eigenvalue weighted by Gasteiger charge is 2.08. The Kier molecular flexibility index (Phi) is 4.03. The van der Waals surface area contributed by atoms with E-state index in [1.165, 1.54) is 0 Å². The highest BCUT2D eigenvalue weighted by atomic mass is 16.5. The molecule has 18 heavy (non-hydrogen) atoms. The molecule has 0 saturated carbocycles. The van der Waals surface area contributed by atoms with Crippen LogP contribution in [0.2, 0.25) is 0 Å². The second-order valence-electron chi connectivity index (χ2n) is 4.79. The quantitative estimate of drug-likeness (QED) is 0.821. The zero-order chi connectivity index (χ0) is 13.0. The predicted octanol–water partition coefficient (Wildman–Crippen LogP) is 3.11. The minimum absolute atomic E-state index is 0.242. The SMILES string of the molecule is CC(C)COC(=O)[CH]Cc1c[nH]c2ccccc12. The Hall–Kier alpha value is -1.77. The molecule has 0 spiro atoms. The van der Waals surface area contributed by atoms with Gasteiger partial charge < -0.3 is 9.72 Å². The molecule has 3 nitrogen and oxygen atoms in total. The largest absolute Gasteiger partial charge is 0.465 e. The van der Waals surface area contributed by atoms with Crippen LogP contribution in [0.5, 0.6) is 0 Å². The van der Waals surface area contributed by atoms with Crippen LogP contribution in [0.15, 0.2) is 30.5 Å². The summed E-state index contributed by atoms with van der Waals surface area (Å²) in [7, 11) is 0. The summed E-state index contributed by atoms with van der Waals surface area (Å²) >= 11 is 0. The monoisotopic (exact) mass is 244 g/mol. The summed E-state index contributed by atoms with van der Waals surface area (Å²) < 4.78 is 5.11. The van der Waals surface area contributed by atoms with E-state index in [1.54, 1.807) is 6.42 Å². The number of nitrogens with one attached hydrogen (secondary N) is 1. The van der Waals surface area contributed by atoms with Crippen molar-refractivity contribution in [3.05, 3.63) is 42.4 Å². The zero-order valence-electron chi connectivity index (χ0n) is 10.8. The van der Waals surface area contributed by atoms with Gasteiger partial charge in [0.1, 0.15) is 0 Å². The van der Waals surface area contributed by atoms with Crippen LogP contribution < -0.4 is 0 Å². The Morgan fingerprint density at radius 2 is 2.17 bits per heavy atom. The van der Waals surface area contributed by atoms with Gasteiger partial charge in [0, 0.05) is 17.1 Å². The highest BCUT2D eigenvalue weighted by Crippen LogP contribution is 2.18. The van der Waals surface area contributed by atoms with Crippen molar-refractivity contribution < 1.29 is 9.53 Å². The van der Waals surface area contributed by atoms with Crippen molar-refractivity contribution in [3.63, 3.8) is 0 Å². The summed E-state index contributed by atoms with van der Waals surface area (Å²) in [5, 5.41) is 1.16. The second-order valence-corrected chi connectivity index (χ2v) is 4.79. The van der Waals surface area contributed by atoms with Crippen molar-refractivity contribution in [2.75, 3.05) is 6.61 Å². The van der Waals surface area contributed by atoms with Gasteiger partial charge in [-0.2, -0.15) is 0 Å². The average Bonchev–Trinajstić information content (AvgIpc) is 2.77. The Balaban J connectivity index is 1.92. The number of rotatable bonds is 5. The lowest BCUT2D eigenvalue weighted by Crippen LogP contribution is -2.11. The first-order chi connectivity index (χ1) is 8.66. The minimum Gasteiger partial charge on any atom is -0.465 e. The Morgan fingerprint density at radius 3 is 2.94 bits per heavy atom. The van der Waals surface area contributed by atoms with Gasteiger partial charge in [-0.3, -0.25) is 4.79 Å². The molecule has 1 N–H and O–H groups in total. The number of H-pyrrole nitrogens is 1. The van der Waals surface area contributed by atoms with E-state index in [1.807, 2.05) is 38.2 Å². The number of ether oxygens (including phenoxy) is 1. The Labute approximate surface area is 107 Å². The zero-order valence-corrected chi connectivity index (χ0v) is 10.8. The van der Waals surface area contributed by atoms with Gasteiger partial charge in [-0.1, -0.05) is 32.0 Å². The molecule has 0 aliphatic heterocycles. The number of hydrogen-bond acceptors (Lipinski definition) is 2. The van der Waals surface area contributed by atoms with Crippen LogP contribution in [0.1, 0.15) is 19.4 Å². The minimum atomic E-state index is -0.242. The summed E-state index contributed by atoms with van der Waals surface area (Å²) in [4.78, 5) is 14.7. The second kappa shape index (κ2) is 5.71. The smallest absolute Gasteiger partial charge is 0.310 e. The summed E-state index contributed by atoms with van der Waals surface area (Å²) in [6.07, 6.45) is 4.13. The van der Waals surface area contributed by atoms with Gasteiger partial charge in [-0.05, 0) is 24.0 Å². The molecule has 0 amide bonds. The molecule has 1 aromatic carbocycles. The molecule has 1 radical (unpaired) electrons. The van der Waals surface area contributed by atoms with Crippen molar-refractivity contribution >= 4 is 16.9 Å².